The molecule has 86 valence electrons. The van der Waals surface area contributed by atoms with Gasteiger partial charge in [0.2, 0.25) is 0 Å². The van der Waals surface area contributed by atoms with Crippen molar-refractivity contribution in [1.29, 1.82) is 0 Å². The van der Waals surface area contributed by atoms with Gasteiger partial charge in [-0.2, -0.15) is 5.10 Å². The summed E-state index contributed by atoms with van der Waals surface area (Å²) in [7, 11) is 0. The van der Waals surface area contributed by atoms with Crippen molar-refractivity contribution in [3.63, 3.8) is 0 Å². The third-order valence-electron chi connectivity index (χ3n) is 2.96. The second-order valence-corrected chi connectivity index (χ2v) is 4.06. The minimum Gasteiger partial charge on any atom is -0.472 e. The first kappa shape index (κ1) is 10.0. The predicted molar refractivity (Wildman–Crippen MR) is 62.3 cm³/mol. The number of fused-ring (bicyclic) bond motifs is 1. The molecule has 0 amide bonds. The van der Waals surface area contributed by atoms with Crippen LogP contribution in [0.2, 0.25) is 0 Å². The van der Waals surface area contributed by atoms with Gasteiger partial charge in [-0.05, 0) is 18.6 Å². The van der Waals surface area contributed by atoms with Crippen molar-refractivity contribution in [2.24, 2.45) is 4.99 Å². The zero-order chi connectivity index (χ0) is 11.8. The first-order chi connectivity index (χ1) is 8.25. The average molecular weight is 229 g/mol. The van der Waals surface area contributed by atoms with E-state index in [1.807, 2.05) is 13.0 Å². The summed E-state index contributed by atoms with van der Waals surface area (Å²) in [6.07, 6.45) is 3.96. The van der Waals surface area contributed by atoms with Crippen LogP contribution in [0.25, 0.3) is 0 Å². The minimum absolute atomic E-state index is 0.158. The summed E-state index contributed by atoms with van der Waals surface area (Å²) in [4.78, 5) is 15.9. The molecule has 0 spiro atoms. The minimum atomic E-state index is -0.158. The fourth-order valence-electron chi connectivity index (χ4n) is 2.09. The molecule has 1 N–H and O–H groups in total. The number of hydrogen-bond acceptors (Lipinski definition) is 4. The Hall–Kier alpha value is -2.17. The Morgan fingerprint density at radius 1 is 1.53 bits per heavy atom. The lowest BCUT2D eigenvalue weighted by molar-refractivity contribution is 0.564. The van der Waals surface area contributed by atoms with Crippen molar-refractivity contribution in [3.8, 4) is 0 Å². The molecule has 2 aromatic rings. The number of H-pyrrole nitrogens is 1. The van der Waals surface area contributed by atoms with E-state index in [1.54, 1.807) is 12.5 Å². The molecular formula is C12H11N3O2. The molecule has 0 bridgehead atoms. The van der Waals surface area contributed by atoms with Crippen LogP contribution in [0.1, 0.15) is 29.3 Å². The molecule has 2 aromatic heterocycles. The zero-order valence-electron chi connectivity index (χ0n) is 9.36. The zero-order valence-corrected chi connectivity index (χ0v) is 9.36. The molecule has 0 aliphatic carbocycles. The van der Waals surface area contributed by atoms with Gasteiger partial charge in [-0.15, -0.1) is 0 Å². The third-order valence-corrected chi connectivity index (χ3v) is 2.96. The lowest BCUT2D eigenvalue weighted by Gasteiger charge is -2.04. The molecule has 0 aromatic carbocycles. The van der Waals surface area contributed by atoms with Gasteiger partial charge in [0.15, 0.2) is 0 Å². The maximum atomic E-state index is 11.7. The van der Waals surface area contributed by atoms with Crippen LogP contribution in [0.15, 0.2) is 32.8 Å². The molecule has 0 unspecified atom stereocenters. The van der Waals surface area contributed by atoms with Gasteiger partial charge in [-0.25, -0.2) is 5.10 Å². The standard InChI is InChI=1S/C12H11N3O2/c1-7-11-9(5-13-7)10(14-15-12(11)16)4-8-2-3-17-6-8/h2-3,6H,4-5H2,1H3,(H,15,16). The molecule has 3 heterocycles. The second-order valence-electron chi connectivity index (χ2n) is 4.06. The van der Waals surface area contributed by atoms with E-state index in [1.165, 1.54) is 0 Å². The molecule has 0 saturated heterocycles. The molecule has 0 fully saturated rings. The monoisotopic (exact) mass is 229 g/mol. The third kappa shape index (κ3) is 1.60. The van der Waals surface area contributed by atoms with Crippen molar-refractivity contribution in [3.05, 3.63) is 51.3 Å². The number of aromatic amines is 1. The molecule has 1 aliphatic rings. The van der Waals surface area contributed by atoms with Gasteiger partial charge in [0.25, 0.3) is 5.56 Å². The van der Waals surface area contributed by atoms with Crippen LogP contribution < -0.4 is 5.56 Å². The van der Waals surface area contributed by atoms with Gasteiger partial charge in [-0.1, -0.05) is 0 Å². The number of furan rings is 1. The van der Waals surface area contributed by atoms with Gasteiger partial charge in [0.1, 0.15) is 0 Å². The topological polar surface area (TPSA) is 71.2 Å². The fourth-order valence-corrected chi connectivity index (χ4v) is 2.09. The highest BCUT2D eigenvalue weighted by molar-refractivity contribution is 6.01. The maximum absolute atomic E-state index is 11.7. The van der Waals surface area contributed by atoms with E-state index >= 15 is 0 Å². The van der Waals surface area contributed by atoms with Gasteiger partial charge in [-0.3, -0.25) is 9.79 Å². The Morgan fingerprint density at radius 3 is 3.18 bits per heavy atom. The number of nitrogens with zero attached hydrogens (tertiary/aromatic N) is 2. The molecule has 5 nitrogen and oxygen atoms in total. The Labute approximate surface area is 97.2 Å². The number of aromatic nitrogens is 2. The number of nitrogens with one attached hydrogen (secondary N) is 1. The van der Waals surface area contributed by atoms with Gasteiger partial charge in [0, 0.05) is 17.7 Å². The lowest BCUT2D eigenvalue weighted by atomic mass is 10.0. The van der Waals surface area contributed by atoms with Gasteiger partial charge < -0.3 is 4.42 Å². The van der Waals surface area contributed by atoms with Crippen LogP contribution >= 0.6 is 0 Å². The first-order valence-electron chi connectivity index (χ1n) is 5.38. The van der Waals surface area contributed by atoms with Crippen molar-refractivity contribution >= 4 is 5.71 Å². The fraction of sp³-hybridized carbons (Fsp3) is 0.250. The van der Waals surface area contributed by atoms with Crippen LogP contribution in [0.3, 0.4) is 0 Å². The molecule has 3 rings (SSSR count). The molecule has 0 radical (unpaired) electrons. The van der Waals surface area contributed by atoms with Crippen LogP contribution in [-0.4, -0.2) is 15.9 Å². The number of aliphatic imine (C=N–C) groups is 1. The highest BCUT2D eigenvalue weighted by Gasteiger charge is 2.20. The highest BCUT2D eigenvalue weighted by atomic mass is 16.3. The summed E-state index contributed by atoms with van der Waals surface area (Å²) >= 11 is 0. The van der Waals surface area contributed by atoms with Crippen molar-refractivity contribution in [2.45, 2.75) is 19.9 Å². The average Bonchev–Trinajstić information content (AvgIpc) is 2.93. The Kier molecular flexibility index (Phi) is 2.18. The van der Waals surface area contributed by atoms with Crippen LogP contribution in [0, 0.1) is 0 Å². The highest BCUT2D eigenvalue weighted by Crippen LogP contribution is 2.20. The molecule has 5 heteroatoms. The largest absolute Gasteiger partial charge is 0.472 e. The second kappa shape index (κ2) is 3.69. The van der Waals surface area contributed by atoms with E-state index in [0.29, 0.717) is 18.5 Å². The number of hydrogen-bond donors (Lipinski definition) is 1. The molecule has 0 atom stereocenters. The van der Waals surface area contributed by atoms with E-state index in [9.17, 15) is 4.79 Å². The summed E-state index contributed by atoms with van der Waals surface area (Å²) < 4.78 is 5.02. The van der Waals surface area contributed by atoms with Gasteiger partial charge >= 0.3 is 0 Å². The lowest BCUT2D eigenvalue weighted by Crippen LogP contribution is -2.20. The molecule has 0 saturated carbocycles. The summed E-state index contributed by atoms with van der Waals surface area (Å²) in [5.74, 6) is 0. The van der Waals surface area contributed by atoms with Gasteiger partial charge in [0.05, 0.1) is 30.3 Å². The summed E-state index contributed by atoms with van der Waals surface area (Å²) in [6.45, 7) is 2.40. The van der Waals surface area contributed by atoms with E-state index in [-0.39, 0.29) is 5.56 Å². The van der Waals surface area contributed by atoms with Crippen molar-refractivity contribution in [2.75, 3.05) is 0 Å². The van der Waals surface area contributed by atoms with E-state index in [4.69, 9.17) is 4.42 Å². The predicted octanol–water partition coefficient (Wildman–Crippen LogP) is 1.28. The van der Waals surface area contributed by atoms with E-state index < -0.39 is 0 Å². The smallest absolute Gasteiger partial charge is 0.273 e. The molecular weight excluding hydrogens is 218 g/mol. The Bertz CT molecular complexity index is 638. The number of rotatable bonds is 2. The summed E-state index contributed by atoms with van der Waals surface area (Å²) in [5.41, 5.74) is 4.15. The van der Waals surface area contributed by atoms with Crippen molar-refractivity contribution in [1.82, 2.24) is 10.2 Å². The summed E-state index contributed by atoms with van der Waals surface area (Å²) in [6, 6.07) is 1.89. The normalized spacial score (nSPS) is 13.6. The first-order valence-corrected chi connectivity index (χ1v) is 5.38. The van der Waals surface area contributed by atoms with E-state index in [0.717, 1.165) is 22.5 Å². The molecule has 1 aliphatic heterocycles. The Balaban J connectivity index is 2.07. The van der Waals surface area contributed by atoms with Crippen molar-refractivity contribution < 1.29 is 4.42 Å². The quantitative estimate of drug-likeness (QED) is 0.843. The van der Waals surface area contributed by atoms with Crippen LogP contribution in [0.5, 0.6) is 0 Å². The van der Waals surface area contributed by atoms with E-state index in [2.05, 4.69) is 15.2 Å². The van der Waals surface area contributed by atoms with Crippen LogP contribution in [-0.2, 0) is 13.0 Å². The maximum Gasteiger partial charge on any atom is 0.273 e. The SMILES string of the molecule is CC1=NCc2c(Cc3ccoc3)n[nH]c(=O)c21. The summed E-state index contributed by atoms with van der Waals surface area (Å²) in [5, 5.41) is 6.63. The van der Waals surface area contributed by atoms with Crippen LogP contribution in [0.4, 0.5) is 0 Å². The molecule has 17 heavy (non-hydrogen) atoms. The Morgan fingerprint density at radius 2 is 2.41 bits per heavy atom.